The summed E-state index contributed by atoms with van der Waals surface area (Å²) in [4.78, 5) is 23.5. The molecule has 0 radical (unpaired) electrons. The molecular weight excluding hydrogens is 266 g/mol. The molecule has 1 atom stereocenters. The van der Waals surface area contributed by atoms with Crippen LogP contribution in [0.2, 0.25) is 5.02 Å². The predicted molar refractivity (Wildman–Crippen MR) is 73.0 cm³/mol. The molecule has 0 spiro atoms. The Bertz CT molecular complexity index is 468. The predicted octanol–water partition coefficient (Wildman–Crippen LogP) is 3.01. The van der Waals surface area contributed by atoms with E-state index in [-0.39, 0.29) is 17.8 Å². The number of carbonyl (C=O) groups excluding carboxylic acids is 2. The number of anilines is 1. The fourth-order valence-electron chi connectivity index (χ4n) is 1.75. The molecule has 19 heavy (non-hydrogen) atoms. The molecule has 1 amide bonds. The molecule has 1 aliphatic rings. The van der Waals surface area contributed by atoms with Crippen molar-refractivity contribution in [1.82, 2.24) is 0 Å². The Balaban J connectivity index is 1.84. The number of esters is 1. The van der Waals surface area contributed by atoms with Gasteiger partial charge in [0.15, 0.2) is 6.10 Å². The van der Waals surface area contributed by atoms with Crippen molar-refractivity contribution in [2.45, 2.75) is 32.3 Å². The quantitative estimate of drug-likeness (QED) is 0.863. The second kappa shape index (κ2) is 6.06. The van der Waals surface area contributed by atoms with Crippen LogP contribution >= 0.6 is 11.6 Å². The highest BCUT2D eigenvalue weighted by molar-refractivity contribution is 6.30. The zero-order chi connectivity index (χ0) is 13.8. The van der Waals surface area contributed by atoms with Gasteiger partial charge >= 0.3 is 5.97 Å². The molecule has 0 bridgehead atoms. The molecule has 0 aliphatic heterocycles. The number of ether oxygens (including phenoxy) is 1. The highest BCUT2D eigenvalue weighted by Gasteiger charge is 2.29. The third-order valence-corrected chi connectivity index (χ3v) is 3.46. The third-order valence-electron chi connectivity index (χ3n) is 3.21. The average molecular weight is 282 g/mol. The zero-order valence-electron chi connectivity index (χ0n) is 10.7. The molecule has 2 rings (SSSR count). The number of amides is 1. The van der Waals surface area contributed by atoms with Gasteiger partial charge in [-0.15, -0.1) is 0 Å². The summed E-state index contributed by atoms with van der Waals surface area (Å²) in [6.45, 7) is 1.57. The van der Waals surface area contributed by atoms with Crippen molar-refractivity contribution in [1.29, 1.82) is 0 Å². The lowest BCUT2D eigenvalue weighted by Gasteiger charge is -2.24. The van der Waals surface area contributed by atoms with Crippen LogP contribution in [0.4, 0.5) is 5.69 Å². The molecule has 1 aliphatic carbocycles. The molecule has 102 valence electrons. The Labute approximate surface area is 117 Å². The molecule has 0 aromatic heterocycles. The van der Waals surface area contributed by atoms with E-state index < -0.39 is 6.10 Å². The first-order chi connectivity index (χ1) is 9.06. The Morgan fingerprint density at radius 2 is 1.95 bits per heavy atom. The van der Waals surface area contributed by atoms with Gasteiger partial charge in [0.25, 0.3) is 5.91 Å². The molecule has 4 nitrogen and oxygen atoms in total. The maximum Gasteiger partial charge on any atom is 0.309 e. The molecule has 1 N–H and O–H groups in total. The monoisotopic (exact) mass is 281 g/mol. The van der Waals surface area contributed by atoms with Crippen LogP contribution in [-0.4, -0.2) is 18.0 Å². The number of nitrogens with one attached hydrogen (secondary N) is 1. The van der Waals surface area contributed by atoms with Crippen molar-refractivity contribution in [3.63, 3.8) is 0 Å². The van der Waals surface area contributed by atoms with Crippen LogP contribution < -0.4 is 5.32 Å². The zero-order valence-corrected chi connectivity index (χ0v) is 11.4. The highest BCUT2D eigenvalue weighted by atomic mass is 35.5. The largest absolute Gasteiger partial charge is 0.452 e. The first-order valence-corrected chi connectivity index (χ1v) is 6.71. The molecule has 1 aromatic rings. The Kier molecular flexibility index (Phi) is 4.43. The summed E-state index contributed by atoms with van der Waals surface area (Å²) in [7, 11) is 0. The minimum Gasteiger partial charge on any atom is -0.452 e. The second-order valence-electron chi connectivity index (χ2n) is 4.70. The molecule has 1 aromatic carbocycles. The fourth-order valence-corrected chi connectivity index (χ4v) is 1.87. The maximum atomic E-state index is 11.8. The van der Waals surface area contributed by atoms with E-state index in [1.165, 1.54) is 0 Å². The van der Waals surface area contributed by atoms with E-state index in [4.69, 9.17) is 16.3 Å². The summed E-state index contributed by atoms with van der Waals surface area (Å²) in [6.07, 6.45) is 2.00. The van der Waals surface area contributed by atoms with Gasteiger partial charge in [0.2, 0.25) is 0 Å². The van der Waals surface area contributed by atoms with Gasteiger partial charge < -0.3 is 10.1 Å². The SMILES string of the molecule is C[C@H](OC(=O)C1CCC1)C(=O)Nc1ccc(Cl)cc1. The van der Waals surface area contributed by atoms with Crippen LogP contribution in [0.15, 0.2) is 24.3 Å². The number of rotatable bonds is 4. The van der Waals surface area contributed by atoms with E-state index in [1.807, 2.05) is 0 Å². The molecule has 0 saturated heterocycles. The van der Waals surface area contributed by atoms with Gasteiger partial charge in [-0.1, -0.05) is 18.0 Å². The minimum atomic E-state index is -0.788. The Hall–Kier alpha value is -1.55. The Morgan fingerprint density at radius 3 is 2.47 bits per heavy atom. The van der Waals surface area contributed by atoms with Gasteiger partial charge in [-0.05, 0) is 44.0 Å². The van der Waals surface area contributed by atoms with Crippen molar-refractivity contribution in [2.75, 3.05) is 5.32 Å². The van der Waals surface area contributed by atoms with Crippen molar-refractivity contribution >= 4 is 29.2 Å². The smallest absolute Gasteiger partial charge is 0.309 e. The minimum absolute atomic E-state index is 0.0224. The van der Waals surface area contributed by atoms with Crippen molar-refractivity contribution in [2.24, 2.45) is 5.92 Å². The normalized spacial score (nSPS) is 16.3. The lowest BCUT2D eigenvalue weighted by molar-refractivity contribution is -0.159. The van der Waals surface area contributed by atoms with Gasteiger partial charge in [-0.25, -0.2) is 0 Å². The fraction of sp³-hybridized carbons (Fsp3) is 0.429. The molecule has 5 heteroatoms. The summed E-state index contributed by atoms with van der Waals surface area (Å²) in [5, 5.41) is 3.27. The van der Waals surface area contributed by atoms with Crippen LogP contribution in [0.25, 0.3) is 0 Å². The van der Waals surface area contributed by atoms with Crippen LogP contribution in [0, 0.1) is 5.92 Å². The average Bonchev–Trinajstić information content (AvgIpc) is 2.29. The second-order valence-corrected chi connectivity index (χ2v) is 5.14. The van der Waals surface area contributed by atoms with Gasteiger partial charge in [0, 0.05) is 10.7 Å². The summed E-state index contributed by atoms with van der Waals surface area (Å²) in [5.74, 6) is -0.634. The molecule has 0 unspecified atom stereocenters. The highest BCUT2D eigenvalue weighted by Crippen LogP contribution is 2.27. The summed E-state index contributed by atoms with van der Waals surface area (Å²) >= 11 is 5.75. The first-order valence-electron chi connectivity index (χ1n) is 6.33. The number of carbonyl (C=O) groups is 2. The first kappa shape index (κ1) is 13.9. The summed E-state index contributed by atoms with van der Waals surface area (Å²) in [6, 6.07) is 6.76. The van der Waals surface area contributed by atoms with Crippen LogP contribution in [0.1, 0.15) is 26.2 Å². The van der Waals surface area contributed by atoms with E-state index in [9.17, 15) is 9.59 Å². The molecular formula is C14H16ClNO3. The molecule has 0 heterocycles. The van der Waals surface area contributed by atoms with E-state index >= 15 is 0 Å². The van der Waals surface area contributed by atoms with Crippen LogP contribution in [0.5, 0.6) is 0 Å². The molecule has 1 fully saturated rings. The van der Waals surface area contributed by atoms with Crippen molar-refractivity contribution in [3.05, 3.63) is 29.3 Å². The van der Waals surface area contributed by atoms with Crippen LogP contribution in [0.3, 0.4) is 0 Å². The number of hydrogen-bond acceptors (Lipinski definition) is 3. The van der Waals surface area contributed by atoms with Crippen molar-refractivity contribution in [3.8, 4) is 0 Å². The van der Waals surface area contributed by atoms with Crippen molar-refractivity contribution < 1.29 is 14.3 Å². The third kappa shape index (κ3) is 3.70. The van der Waals surface area contributed by atoms with E-state index in [1.54, 1.807) is 31.2 Å². The standard InChI is InChI=1S/C14H16ClNO3/c1-9(19-14(18)10-3-2-4-10)13(17)16-12-7-5-11(15)6-8-12/h5-10H,2-4H2,1H3,(H,16,17)/t9-/m0/s1. The number of halogens is 1. The van der Waals surface area contributed by atoms with E-state index in [0.29, 0.717) is 10.7 Å². The van der Waals surface area contributed by atoms with E-state index in [0.717, 1.165) is 19.3 Å². The summed E-state index contributed by atoms with van der Waals surface area (Å²) < 4.78 is 5.13. The van der Waals surface area contributed by atoms with Gasteiger partial charge in [-0.2, -0.15) is 0 Å². The lowest BCUT2D eigenvalue weighted by atomic mass is 9.86. The number of hydrogen-bond donors (Lipinski definition) is 1. The Morgan fingerprint density at radius 1 is 1.32 bits per heavy atom. The summed E-state index contributed by atoms with van der Waals surface area (Å²) in [5.41, 5.74) is 0.626. The van der Waals surface area contributed by atoms with Gasteiger partial charge in [0.1, 0.15) is 0 Å². The van der Waals surface area contributed by atoms with Crippen LogP contribution in [-0.2, 0) is 14.3 Å². The molecule has 1 saturated carbocycles. The van der Waals surface area contributed by atoms with E-state index in [2.05, 4.69) is 5.32 Å². The van der Waals surface area contributed by atoms with Gasteiger partial charge in [-0.3, -0.25) is 9.59 Å². The van der Waals surface area contributed by atoms with Gasteiger partial charge in [0.05, 0.1) is 5.92 Å². The topological polar surface area (TPSA) is 55.4 Å². The lowest BCUT2D eigenvalue weighted by Crippen LogP contribution is -2.34. The maximum absolute atomic E-state index is 11.8. The number of benzene rings is 1.